The first kappa shape index (κ1) is 15.1. The monoisotopic (exact) mass is 323 g/mol. The molecule has 2 aromatic heterocycles. The van der Waals surface area contributed by atoms with Crippen LogP contribution in [0.1, 0.15) is 12.2 Å². The van der Waals surface area contributed by atoms with Crippen molar-refractivity contribution >= 4 is 17.6 Å². The minimum absolute atomic E-state index is 0.160. The molecular formula is C13H15F2N7O. The van der Waals surface area contributed by atoms with Crippen molar-refractivity contribution in [2.75, 3.05) is 41.7 Å². The molecule has 8 nitrogen and oxygen atoms in total. The normalized spacial score (nSPS) is 15.3. The van der Waals surface area contributed by atoms with Gasteiger partial charge in [-0.25, -0.2) is 8.78 Å². The number of nitrogens with one attached hydrogen (secondary N) is 1. The van der Waals surface area contributed by atoms with E-state index in [1.165, 1.54) is 6.07 Å². The van der Waals surface area contributed by atoms with Crippen molar-refractivity contribution in [3.63, 3.8) is 0 Å². The summed E-state index contributed by atoms with van der Waals surface area (Å²) in [4.78, 5) is 28.7. The second-order valence-electron chi connectivity index (χ2n) is 5.04. The van der Waals surface area contributed by atoms with Gasteiger partial charge in [0.2, 0.25) is 23.3 Å². The molecule has 1 fully saturated rings. The number of hydrogen-bond donors (Lipinski definition) is 2. The van der Waals surface area contributed by atoms with Crippen molar-refractivity contribution in [3.8, 4) is 0 Å². The van der Waals surface area contributed by atoms with Crippen LogP contribution in [0.4, 0.5) is 26.4 Å². The minimum atomic E-state index is -2.79. The summed E-state index contributed by atoms with van der Waals surface area (Å²) in [6.07, 6.45) is -1.14. The summed E-state index contributed by atoms with van der Waals surface area (Å²) in [5.41, 5.74) is 6.21. The van der Waals surface area contributed by atoms with Crippen molar-refractivity contribution in [1.82, 2.24) is 19.9 Å². The number of nitrogens with two attached hydrogens (primary N) is 1. The highest BCUT2D eigenvalue weighted by atomic mass is 19.3. The van der Waals surface area contributed by atoms with E-state index >= 15 is 0 Å². The highest BCUT2D eigenvalue weighted by Gasteiger charge is 2.22. The van der Waals surface area contributed by atoms with Gasteiger partial charge < -0.3 is 20.5 Å². The van der Waals surface area contributed by atoms with Gasteiger partial charge in [0.05, 0.1) is 5.69 Å². The Morgan fingerprint density at radius 1 is 1.09 bits per heavy atom. The summed E-state index contributed by atoms with van der Waals surface area (Å²) in [6.45, 7) is 2.37. The van der Waals surface area contributed by atoms with Crippen molar-refractivity contribution < 1.29 is 8.78 Å². The van der Waals surface area contributed by atoms with Crippen LogP contribution < -0.4 is 21.1 Å². The maximum Gasteiger partial charge on any atom is 0.297 e. The van der Waals surface area contributed by atoms with Gasteiger partial charge in [0.15, 0.2) is 0 Å². The van der Waals surface area contributed by atoms with Crippen LogP contribution in [0.25, 0.3) is 0 Å². The molecule has 0 spiro atoms. The van der Waals surface area contributed by atoms with Gasteiger partial charge in [0.1, 0.15) is 0 Å². The number of rotatable bonds is 3. The lowest BCUT2D eigenvalue weighted by Crippen LogP contribution is -2.47. The molecule has 0 bridgehead atoms. The number of piperazine rings is 1. The van der Waals surface area contributed by atoms with E-state index in [4.69, 9.17) is 5.73 Å². The van der Waals surface area contributed by atoms with Gasteiger partial charge in [-0.2, -0.15) is 15.0 Å². The van der Waals surface area contributed by atoms with Gasteiger partial charge in [0.25, 0.3) is 6.43 Å². The lowest BCUT2D eigenvalue weighted by molar-refractivity contribution is 0.140. The molecule has 1 saturated heterocycles. The standard InChI is InChI=1S/C13H15F2N7O/c14-10(15)11-18-12(16)20-13(19-11)22-5-3-21(4-6-22)8-1-2-9(23)17-7-8/h1-2,7,10H,3-6H2,(H,17,23)(H2,16,18,19,20). The number of nitrogens with zero attached hydrogens (tertiary/aromatic N) is 5. The van der Waals surface area contributed by atoms with E-state index < -0.39 is 12.2 Å². The predicted octanol–water partition coefficient (Wildman–Crippen LogP) is 0.406. The molecule has 0 aromatic carbocycles. The van der Waals surface area contributed by atoms with Crippen LogP contribution in [0.15, 0.2) is 23.1 Å². The Hall–Kier alpha value is -2.78. The molecule has 0 amide bonds. The largest absolute Gasteiger partial charge is 0.368 e. The second-order valence-corrected chi connectivity index (χ2v) is 5.04. The number of hydrogen-bond acceptors (Lipinski definition) is 7. The Balaban J connectivity index is 1.71. The summed E-state index contributed by atoms with van der Waals surface area (Å²) in [7, 11) is 0. The summed E-state index contributed by atoms with van der Waals surface area (Å²) in [6, 6.07) is 3.20. The molecule has 122 valence electrons. The van der Waals surface area contributed by atoms with Gasteiger partial charge in [0, 0.05) is 38.4 Å². The third-order valence-corrected chi connectivity index (χ3v) is 3.55. The highest BCUT2D eigenvalue weighted by Crippen LogP contribution is 2.20. The molecule has 0 saturated carbocycles. The third kappa shape index (κ3) is 3.35. The van der Waals surface area contributed by atoms with Crippen LogP contribution in [0.3, 0.4) is 0 Å². The fourth-order valence-electron chi connectivity index (χ4n) is 2.40. The van der Waals surface area contributed by atoms with E-state index in [2.05, 4.69) is 24.8 Å². The van der Waals surface area contributed by atoms with Crippen molar-refractivity contribution in [2.45, 2.75) is 6.43 Å². The lowest BCUT2D eigenvalue weighted by Gasteiger charge is -2.35. The Morgan fingerprint density at radius 3 is 2.39 bits per heavy atom. The van der Waals surface area contributed by atoms with Gasteiger partial charge >= 0.3 is 0 Å². The van der Waals surface area contributed by atoms with Crippen molar-refractivity contribution in [2.24, 2.45) is 0 Å². The summed E-state index contributed by atoms with van der Waals surface area (Å²) in [5.74, 6) is -0.669. The first-order chi connectivity index (χ1) is 11.0. The molecular weight excluding hydrogens is 308 g/mol. The molecule has 3 N–H and O–H groups in total. The Kier molecular flexibility index (Phi) is 4.04. The van der Waals surface area contributed by atoms with Gasteiger partial charge in [-0.1, -0.05) is 0 Å². The summed E-state index contributed by atoms with van der Waals surface area (Å²) < 4.78 is 25.5. The Morgan fingerprint density at radius 2 is 1.78 bits per heavy atom. The number of pyridine rings is 1. The van der Waals surface area contributed by atoms with Crippen molar-refractivity contribution in [1.29, 1.82) is 0 Å². The molecule has 23 heavy (non-hydrogen) atoms. The Labute approximate surface area is 130 Å². The molecule has 1 aliphatic heterocycles. The van der Waals surface area contributed by atoms with Gasteiger partial charge in [-0.15, -0.1) is 0 Å². The number of H-pyrrole nitrogens is 1. The lowest BCUT2D eigenvalue weighted by atomic mass is 10.3. The van der Waals surface area contributed by atoms with E-state index in [1.807, 2.05) is 0 Å². The van der Waals surface area contributed by atoms with Crippen LogP contribution in [0.2, 0.25) is 0 Å². The van der Waals surface area contributed by atoms with Crippen molar-refractivity contribution in [3.05, 3.63) is 34.5 Å². The van der Waals surface area contributed by atoms with Crippen LogP contribution >= 0.6 is 0 Å². The van der Waals surface area contributed by atoms with E-state index in [0.29, 0.717) is 26.2 Å². The van der Waals surface area contributed by atoms with Gasteiger partial charge in [-0.3, -0.25) is 4.79 Å². The van der Waals surface area contributed by atoms with Crippen LogP contribution in [0.5, 0.6) is 0 Å². The first-order valence-electron chi connectivity index (χ1n) is 7.01. The number of halogens is 2. The number of aromatic amines is 1. The minimum Gasteiger partial charge on any atom is -0.368 e. The average Bonchev–Trinajstić information content (AvgIpc) is 2.55. The fourth-order valence-corrected chi connectivity index (χ4v) is 2.40. The average molecular weight is 323 g/mol. The number of anilines is 3. The fraction of sp³-hybridized carbons (Fsp3) is 0.385. The predicted molar refractivity (Wildman–Crippen MR) is 80.7 cm³/mol. The summed E-state index contributed by atoms with van der Waals surface area (Å²) >= 11 is 0. The first-order valence-corrected chi connectivity index (χ1v) is 7.01. The maximum absolute atomic E-state index is 12.7. The van der Waals surface area contributed by atoms with Crippen LogP contribution in [0, 0.1) is 0 Å². The molecule has 10 heteroatoms. The molecule has 0 atom stereocenters. The highest BCUT2D eigenvalue weighted by molar-refractivity contribution is 5.46. The smallest absolute Gasteiger partial charge is 0.297 e. The van der Waals surface area contributed by atoms with E-state index in [0.717, 1.165) is 5.69 Å². The number of nitrogen functional groups attached to an aromatic ring is 1. The molecule has 0 aliphatic carbocycles. The quantitative estimate of drug-likeness (QED) is 0.843. The molecule has 0 radical (unpaired) electrons. The topological polar surface area (TPSA) is 104 Å². The second kappa shape index (κ2) is 6.15. The molecule has 3 rings (SSSR count). The SMILES string of the molecule is Nc1nc(C(F)F)nc(N2CCN(c3ccc(=O)[nH]c3)CC2)n1. The van der Waals surface area contributed by atoms with E-state index in [1.54, 1.807) is 17.2 Å². The zero-order valence-electron chi connectivity index (χ0n) is 12.1. The summed E-state index contributed by atoms with van der Waals surface area (Å²) in [5, 5.41) is 0. The van der Waals surface area contributed by atoms with E-state index in [-0.39, 0.29) is 17.5 Å². The zero-order chi connectivity index (χ0) is 16.4. The molecule has 1 aliphatic rings. The van der Waals surface area contributed by atoms with Crippen LogP contribution in [-0.4, -0.2) is 46.1 Å². The van der Waals surface area contributed by atoms with Gasteiger partial charge in [-0.05, 0) is 6.07 Å². The maximum atomic E-state index is 12.7. The van der Waals surface area contributed by atoms with Crippen LogP contribution in [-0.2, 0) is 0 Å². The number of alkyl halides is 2. The molecule has 3 heterocycles. The Bertz CT molecular complexity index is 723. The van der Waals surface area contributed by atoms with E-state index in [9.17, 15) is 13.6 Å². The zero-order valence-corrected chi connectivity index (χ0v) is 12.1. The molecule has 0 unspecified atom stereocenters. The molecule has 2 aromatic rings. The third-order valence-electron chi connectivity index (χ3n) is 3.55. The number of aromatic nitrogens is 4.